The van der Waals surface area contributed by atoms with Crippen molar-refractivity contribution < 1.29 is 24.0 Å². The highest BCUT2D eigenvalue weighted by atomic mass is 32.1. The topological polar surface area (TPSA) is 128 Å². The fraction of sp³-hybridized carbons (Fsp3) is 0.409. The standard InChI is InChI=1S/C22H25N3O6S/c1-3-31-22(28)17-13(2)18(20(27)23-15-7-5-4-6-8-15)32-21(17)24-19(26)14-9-11-16(12-10-14)25(29)30/h9-12,15H,3-8H2,1-2H3,(H,23,27)(H,24,26). The van der Waals surface area contributed by atoms with Gasteiger partial charge in [0.1, 0.15) is 5.00 Å². The average molecular weight is 460 g/mol. The maximum atomic E-state index is 12.9. The molecular weight excluding hydrogens is 434 g/mol. The Morgan fingerprint density at radius 3 is 2.38 bits per heavy atom. The van der Waals surface area contributed by atoms with Gasteiger partial charge in [0.2, 0.25) is 0 Å². The van der Waals surface area contributed by atoms with E-state index in [9.17, 15) is 24.5 Å². The van der Waals surface area contributed by atoms with Crippen LogP contribution in [-0.2, 0) is 4.74 Å². The fourth-order valence-corrected chi connectivity index (χ4v) is 4.77. The molecule has 1 saturated carbocycles. The molecule has 1 aliphatic carbocycles. The molecule has 9 nitrogen and oxygen atoms in total. The van der Waals surface area contributed by atoms with Crippen molar-refractivity contribution in [2.24, 2.45) is 0 Å². The summed E-state index contributed by atoms with van der Waals surface area (Å²) in [6.45, 7) is 3.47. The number of amides is 2. The Hall–Kier alpha value is -3.27. The molecular formula is C22H25N3O6S. The lowest BCUT2D eigenvalue weighted by Gasteiger charge is -2.22. The number of nitro groups is 1. The molecule has 1 fully saturated rings. The van der Waals surface area contributed by atoms with Crippen molar-refractivity contribution in [1.82, 2.24) is 5.32 Å². The van der Waals surface area contributed by atoms with E-state index in [-0.39, 0.29) is 40.4 Å². The smallest absolute Gasteiger partial charge is 0.341 e. The van der Waals surface area contributed by atoms with E-state index in [4.69, 9.17) is 4.74 Å². The minimum atomic E-state index is -0.628. The first-order valence-electron chi connectivity index (χ1n) is 10.5. The summed E-state index contributed by atoms with van der Waals surface area (Å²) in [5.74, 6) is -1.45. The number of benzene rings is 1. The molecule has 0 unspecified atom stereocenters. The summed E-state index contributed by atoms with van der Waals surface area (Å²) in [5, 5.41) is 16.7. The number of nitro benzene ring substituents is 1. The van der Waals surface area contributed by atoms with Crippen LogP contribution in [-0.4, -0.2) is 35.4 Å². The second-order valence-corrected chi connectivity index (χ2v) is 8.57. The number of hydrogen-bond acceptors (Lipinski definition) is 7. The molecule has 0 spiro atoms. The average Bonchev–Trinajstić information content (AvgIpc) is 3.10. The molecule has 170 valence electrons. The number of nitrogens with one attached hydrogen (secondary N) is 2. The molecule has 0 bridgehead atoms. The van der Waals surface area contributed by atoms with Crippen LogP contribution < -0.4 is 10.6 Å². The summed E-state index contributed by atoms with van der Waals surface area (Å²) in [6, 6.07) is 5.21. The lowest BCUT2D eigenvalue weighted by molar-refractivity contribution is -0.384. The third-order valence-corrected chi connectivity index (χ3v) is 6.55. The first-order valence-corrected chi connectivity index (χ1v) is 11.3. The van der Waals surface area contributed by atoms with Crippen LogP contribution in [0.15, 0.2) is 24.3 Å². The quantitative estimate of drug-likeness (QED) is 0.357. The van der Waals surface area contributed by atoms with Gasteiger partial charge in [-0.3, -0.25) is 19.7 Å². The van der Waals surface area contributed by atoms with Crippen LogP contribution in [0.5, 0.6) is 0 Å². The number of carbonyl (C=O) groups is 3. The van der Waals surface area contributed by atoms with E-state index in [2.05, 4.69) is 10.6 Å². The highest BCUT2D eigenvalue weighted by Gasteiger charge is 2.28. The van der Waals surface area contributed by atoms with Gasteiger partial charge in [0.05, 0.1) is 22.0 Å². The SMILES string of the molecule is CCOC(=O)c1c(NC(=O)c2ccc([N+](=O)[O-])cc2)sc(C(=O)NC2CCCCC2)c1C. The maximum absolute atomic E-state index is 12.9. The summed E-state index contributed by atoms with van der Waals surface area (Å²) in [4.78, 5) is 48.8. The monoisotopic (exact) mass is 459 g/mol. The maximum Gasteiger partial charge on any atom is 0.341 e. The predicted molar refractivity (Wildman–Crippen MR) is 120 cm³/mol. The van der Waals surface area contributed by atoms with Crippen LogP contribution >= 0.6 is 11.3 Å². The molecule has 0 aliphatic heterocycles. The van der Waals surface area contributed by atoms with Gasteiger partial charge < -0.3 is 15.4 Å². The minimum Gasteiger partial charge on any atom is -0.462 e. The number of thiophene rings is 1. The zero-order valence-corrected chi connectivity index (χ0v) is 18.8. The van der Waals surface area contributed by atoms with Crippen LogP contribution in [0, 0.1) is 17.0 Å². The van der Waals surface area contributed by atoms with E-state index in [1.807, 2.05) is 0 Å². The lowest BCUT2D eigenvalue weighted by Crippen LogP contribution is -2.36. The Labute approximate surface area is 189 Å². The zero-order chi connectivity index (χ0) is 23.3. The summed E-state index contributed by atoms with van der Waals surface area (Å²) in [5.41, 5.74) is 0.633. The molecule has 32 heavy (non-hydrogen) atoms. The number of rotatable bonds is 7. The number of carbonyl (C=O) groups excluding carboxylic acids is 3. The van der Waals surface area contributed by atoms with E-state index in [0.717, 1.165) is 43.4 Å². The number of ether oxygens (including phenoxy) is 1. The fourth-order valence-electron chi connectivity index (χ4n) is 3.67. The first kappa shape index (κ1) is 23.4. The predicted octanol–water partition coefficient (Wildman–Crippen LogP) is 4.46. The van der Waals surface area contributed by atoms with Gasteiger partial charge in [-0.25, -0.2) is 4.79 Å². The Balaban J connectivity index is 1.86. The summed E-state index contributed by atoms with van der Waals surface area (Å²) in [7, 11) is 0. The molecule has 1 heterocycles. The molecule has 1 aromatic heterocycles. The highest BCUT2D eigenvalue weighted by Crippen LogP contribution is 2.34. The van der Waals surface area contributed by atoms with Gasteiger partial charge in [0.15, 0.2) is 0 Å². The molecule has 2 aromatic rings. The van der Waals surface area contributed by atoms with E-state index in [1.165, 1.54) is 24.3 Å². The van der Waals surface area contributed by atoms with Crippen LogP contribution in [0.25, 0.3) is 0 Å². The van der Waals surface area contributed by atoms with Crippen LogP contribution in [0.3, 0.4) is 0 Å². The zero-order valence-electron chi connectivity index (χ0n) is 17.9. The van der Waals surface area contributed by atoms with Gasteiger partial charge in [0, 0.05) is 23.7 Å². The number of esters is 1. The van der Waals surface area contributed by atoms with Crippen molar-refractivity contribution in [3.8, 4) is 0 Å². The summed E-state index contributed by atoms with van der Waals surface area (Å²) >= 11 is 1.01. The van der Waals surface area contributed by atoms with Crippen molar-refractivity contribution in [3.05, 3.63) is 55.9 Å². The number of anilines is 1. The minimum absolute atomic E-state index is 0.0990. The second-order valence-electron chi connectivity index (χ2n) is 7.55. The van der Waals surface area contributed by atoms with Crippen LogP contribution in [0.4, 0.5) is 10.7 Å². The van der Waals surface area contributed by atoms with Gasteiger partial charge >= 0.3 is 5.97 Å². The van der Waals surface area contributed by atoms with Gasteiger partial charge in [-0.05, 0) is 44.4 Å². The molecule has 1 aliphatic rings. The Bertz CT molecular complexity index is 1030. The third-order valence-electron chi connectivity index (χ3n) is 5.34. The largest absolute Gasteiger partial charge is 0.462 e. The Morgan fingerprint density at radius 1 is 1.12 bits per heavy atom. The third kappa shape index (κ3) is 5.31. The van der Waals surface area contributed by atoms with Crippen LogP contribution in [0.1, 0.15) is 75.0 Å². The molecule has 10 heteroatoms. The van der Waals surface area contributed by atoms with Crippen LogP contribution in [0.2, 0.25) is 0 Å². The Kier molecular flexibility index (Phi) is 7.57. The number of hydrogen-bond donors (Lipinski definition) is 2. The van der Waals surface area contributed by atoms with E-state index in [1.54, 1.807) is 13.8 Å². The van der Waals surface area contributed by atoms with Crippen molar-refractivity contribution in [3.63, 3.8) is 0 Å². The van der Waals surface area contributed by atoms with Crippen molar-refractivity contribution in [2.45, 2.75) is 52.0 Å². The molecule has 0 radical (unpaired) electrons. The van der Waals surface area contributed by atoms with E-state index in [0.29, 0.717) is 10.4 Å². The summed E-state index contributed by atoms with van der Waals surface area (Å²) < 4.78 is 5.13. The normalized spacial score (nSPS) is 13.9. The van der Waals surface area contributed by atoms with Crippen molar-refractivity contribution >= 4 is 39.8 Å². The van der Waals surface area contributed by atoms with E-state index < -0.39 is 16.8 Å². The molecule has 2 N–H and O–H groups in total. The molecule has 0 atom stereocenters. The number of non-ortho nitro benzene ring substituents is 1. The molecule has 2 amide bonds. The van der Waals surface area contributed by atoms with Gasteiger partial charge in [-0.2, -0.15) is 0 Å². The van der Waals surface area contributed by atoms with Gasteiger partial charge in [0.25, 0.3) is 17.5 Å². The molecule has 3 rings (SSSR count). The lowest BCUT2D eigenvalue weighted by atomic mass is 9.95. The van der Waals surface area contributed by atoms with E-state index >= 15 is 0 Å². The first-order chi connectivity index (χ1) is 15.3. The van der Waals surface area contributed by atoms with Gasteiger partial charge in [-0.15, -0.1) is 11.3 Å². The number of nitrogens with zero attached hydrogens (tertiary/aromatic N) is 1. The molecule has 0 saturated heterocycles. The Morgan fingerprint density at radius 2 is 1.78 bits per heavy atom. The highest BCUT2D eigenvalue weighted by molar-refractivity contribution is 7.18. The summed E-state index contributed by atoms with van der Waals surface area (Å²) in [6.07, 6.45) is 5.14. The van der Waals surface area contributed by atoms with Crippen molar-refractivity contribution in [1.29, 1.82) is 0 Å². The van der Waals surface area contributed by atoms with Crippen molar-refractivity contribution in [2.75, 3.05) is 11.9 Å². The second kappa shape index (κ2) is 10.4. The molecule has 1 aromatic carbocycles. The van der Waals surface area contributed by atoms with Gasteiger partial charge in [-0.1, -0.05) is 19.3 Å².